The monoisotopic (exact) mass is 398 g/mol. The third-order valence-electron chi connectivity index (χ3n) is 4.72. The molecule has 1 amide bonds. The predicted molar refractivity (Wildman–Crippen MR) is 124 cm³/mol. The Morgan fingerprint density at radius 3 is 2.14 bits per heavy atom. The Balaban J connectivity index is 1.87. The van der Waals surface area contributed by atoms with Crippen LogP contribution in [0.3, 0.4) is 0 Å². The van der Waals surface area contributed by atoms with Crippen LogP contribution in [0.15, 0.2) is 96.0 Å². The van der Waals surface area contributed by atoms with Crippen molar-refractivity contribution in [2.24, 2.45) is 4.99 Å². The summed E-state index contributed by atoms with van der Waals surface area (Å²) >= 11 is 1.49. The van der Waals surface area contributed by atoms with E-state index in [0.29, 0.717) is 0 Å². The molecule has 0 aromatic heterocycles. The number of carbonyl (C=O) groups is 1. The lowest BCUT2D eigenvalue weighted by Crippen LogP contribution is -2.34. The summed E-state index contributed by atoms with van der Waals surface area (Å²) in [6, 6.07) is 27.9. The van der Waals surface area contributed by atoms with E-state index in [1.807, 2.05) is 103 Å². The van der Waals surface area contributed by atoms with Gasteiger partial charge in [-0.3, -0.25) is 9.69 Å². The van der Waals surface area contributed by atoms with Gasteiger partial charge in [-0.2, -0.15) is 0 Å². The van der Waals surface area contributed by atoms with Crippen LogP contribution in [0.5, 0.6) is 0 Å². The van der Waals surface area contributed by atoms with E-state index in [1.165, 1.54) is 17.3 Å². The molecule has 0 spiro atoms. The van der Waals surface area contributed by atoms with E-state index in [4.69, 9.17) is 4.99 Å². The van der Waals surface area contributed by atoms with Gasteiger partial charge in [0.2, 0.25) is 5.91 Å². The highest BCUT2D eigenvalue weighted by Gasteiger charge is 2.30. The van der Waals surface area contributed by atoms with E-state index in [2.05, 4.69) is 6.92 Å². The topological polar surface area (TPSA) is 32.7 Å². The van der Waals surface area contributed by atoms with Gasteiger partial charge in [-0.15, -0.1) is 0 Å². The van der Waals surface area contributed by atoms with Crippen LogP contribution in [0.25, 0.3) is 5.70 Å². The van der Waals surface area contributed by atoms with Crippen molar-refractivity contribution in [3.05, 3.63) is 102 Å². The number of nitrogens with zero attached hydrogens (tertiary/aromatic N) is 2. The Labute approximate surface area is 175 Å². The van der Waals surface area contributed by atoms with Crippen molar-refractivity contribution in [3.63, 3.8) is 0 Å². The molecule has 0 fully saturated rings. The number of thioether (sulfide) groups is 1. The van der Waals surface area contributed by atoms with Crippen LogP contribution in [0.1, 0.15) is 18.1 Å². The number of anilines is 1. The Bertz CT molecular complexity index is 1060. The SMILES string of the molecule is Cc1ccc(N=C2C=C(c3ccccc3)N(c3ccccc3)C(=O)C(C)S2)cc1. The third kappa shape index (κ3) is 4.33. The zero-order chi connectivity index (χ0) is 20.2. The fourth-order valence-corrected chi connectivity index (χ4v) is 4.12. The van der Waals surface area contributed by atoms with E-state index in [1.54, 1.807) is 0 Å². The van der Waals surface area contributed by atoms with Gasteiger partial charge < -0.3 is 0 Å². The van der Waals surface area contributed by atoms with Crippen LogP contribution < -0.4 is 4.90 Å². The van der Waals surface area contributed by atoms with Crippen molar-refractivity contribution < 1.29 is 4.79 Å². The van der Waals surface area contributed by atoms with Gasteiger partial charge in [0.1, 0.15) is 0 Å². The van der Waals surface area contributed by atoms with E-state index < -0.39 is 0 Å². The summed E-state index contributed by atoms with van der Waals surface area (Å²) in [7, 11) is 0. The molecule has 1 aliphatic rings. The number of benzene rings is 3. The van der Waals surface area contributed by atoms with Crippen LogP contribution >= 0.6 is 11.8 Å². The van der Waals surface area contributed by atoms with Gasteiger partial charge in [0.15, 0.2) is 0 Å². The molecule has 0 radical (unpaired) electrons. The number of hydrogen-bond acceptors (Lipinski definition) is 3. The highest BCUT2D eigenvalue weighted by atomic mass is 32.2. The van der Waals surface area contributed by atoms with Crippen LogP contribution in [0.2, 0.25) is 0 Å². The molecule has 0 saturated heterocycles. The summed E-state index contributed by atoms with van der Waals surface area (Å²) in [6.07, 6.45) is 2.02. The highest BCUT2D eigenvalue weighted by Crippen LogP contribution is 2.34. The second-order valence-electron chi connectivity index (χ2n) is 6.95. The molecule has 1 heterocycles. The molecule has 3 nitrogen and oxygen atoms in total. The fourth-order valence-electron chi connectivity index (χ4n) is 3.22. The first-order valence-electron chi connectivity index (χ1n) is 9.60. The maximum Gasteiger partial charge on any atom is 0.244 e. The molecule has 29 heavy (non-hydrogen) atoms. The molecule has 4 rings (SSSR count). The molecule has 4 heteroatoms. The Morgan fingerprint density at radius 2 is 1.48 bits per heavy atom. The Morgan fingerprint density at radius 1 is 0.862 bits per heavy atom. The van der Waals surface area contributed by atoms with Crippen molar-refractivity contribution in [1.29, 1.82) is 0 Å². The normalized spacial score (nSPS) is 18.5. The van der Waals surface area contributed by atoms with Gasteiger partial charge in [0.05, 0.1) is 21.7 Å². The maximum absolute atomic E-state index is 13.4. The highest BCUT2D eigenvalue weighted by molar-refractivity contribution is 8.15. The van der Waals surface area contributed by atoms with Gasteiger partial charge in [-0.05, 0) is 49.8 Å². The number of aryl methyl sites for hydroxylation is 1. The Kier molecular flexibility index (Phi) is 5.63. The zero-order valence-corrected chi connectivity index (χ0v) is 17.3. The van der Waals surface area contributed by atoms with Crippen molar-refractivity contribution in [1.82, 2.24) is 0 Å². The molecule has 0 bridgehead atoms. The summed E-state index contributed by atoms with van der Waals surface area (Å²) in [5.74, 6) is 0.0467. The van der Waals surface area contributed by atoms with Gasteiger partial charge in [0, 0.05) is 5.69 Å². The number of rotatable bonds is 3. The molecule has 3 aromatic carbocycles. The minimum atomic E-state index is -0.253. The zero-order valence-electron chi connectivity index (χ0n) is 16.4. The fraction of sp³-hybridized carbons (Fsp3) is 0.120. The third-order valence-corrected chi connectivity index (χ3v) is 5.73. The average Bonchev–Trinajstić information content (AvgIpc) is 2.87. The molecule has 0 saturated carbocycles. The first-order valence-corrected chi connectivity index (χ1v) is 10.5. The number of carbonyl (C=O) groups excluding carboxylic acids is 1. The van der Waals surface area contributed by atoms with Gasteiger partial charge >= 0.3 is 0 Å². The minimum absolute atomic E-state index is 0.0467. The number of aliphatic imine (C=N–C) groups is 1. The Hall–Kier alpha value is -3.11. The number of amides is 1. The lowest BCUT2D eigenvalue weighted by molar-refractivity contribution is -0.117. The average molecular weight is 399 g/mol. The summed E-state index contributed by atoms with van der Waals surface area (Å²) in [5, 5.41) is 0.573. The molecule has 3 aromatic rings. The standard InChI is InChI=1S/C25H22N2OS/c1-18-13-15-21(16-14-18)26-24-17-23(20-9-5-3-6-10-20)27(25(28)19(2)29-24)22-11-7-4-8-12-22/h3-17,19H,1-2H3. The molecular weight excluding hydrogens is 376 g/mol. The minimum Gasteiger partial charge on any atom is -0.279 e. The van der Waals surface area contributed by atoms with Gasteiger partial charge in [-0.25, -0.2) is 4.99 Å². The molecular formula is C25H22N2OS. The molecule has 1 aliphatic heterocycles. The molecule has 0 aliphatic carbocycles. The number of hydrogen-bond donors (Lipinski definition) is 0. The van der Waals surface area contributed by atoms with Crippen molar-refractivity contribution in [3.8, 4) is 0 Å². The molecule has 1 unspecified atom stereocenters. The molecule has 144 valence electrons. The molecule has 1 atom stereocenters. The number of para-hydroxylation sites is 1. The van der Waals surface area contributed by atoms with Crippen LogP contribution in [-0.4, -0.2) is 16.2 Å². The van der Waals surface area contributed by atoms with Crippen molar-refractivity contribution in [2.45, 2.75) is 19.1 Å². The lowest BCUT2D eigenvalue weighted by Gasteiger charge is -2.26. The van der Waals surface area contributed by atoms with E-state index >= 15 is 0 Å². The summed E-state index contributed by atoms with van der Waals surface area (Å²) in [6.45, 7) is 4.00. The van der Waals surface area contributed by atoms with Crippen LogP contribution in [0.4, 0.5) is 11.4 Å². The van der Waals surface area contributed by atoms with Crippen LogP contribution in [0, 0.1) is 6.92 Å². The largest absolute Gasteiger partial charge is 0.279 e. The maximum atomic E-state index is 13.4. The first-order chi connectivity index (χ1) is 14.1. The summed E-state index contributed by atoms with van der Waals surface area (Å²) in [4.78, 5) is 20.0. The second-order valence-corrected chi connectivity index (χ2v) is 8.31. The van der Waals surface area contributed by atoms with E-state index in [-0.39, 0.29) is 11.2 Å². The lowest BCUT2D eigenvalue weighted by atomic mass is 10.1. The smallest absolute Gasteiger partial charge is 0.244 e. The quantitative estimate of drug-likeness (QED) is 0.523. The summed E-state index contributed by atoms with van der Waals surface area (Å²) < 4.78 is 0. The molecule has 0 N–H and O–H groups in total. The van der Waals surface area contributed by atoms with E-state index in [9.17, 15) is 4.79 Å². The van der Waals surface area contributed by atoms with Crippen LogP contribution in [-0.2, 0) is 4.79 Å². The first kappa shape index (κ1) is 19.2. The van der Waals surface area contributed by atoms with E-state index in [0.717, 1.165) is 27.7 Å². The van der Waals surface area contributed by atoms with Crippen molar-refractivity contribution in [2.75, 3.05) is 4.90 Å². The van der Waals surface area contributed by atoms with Gasteiger partial charge in [-0.1, -0.05) is 78.0 Å². The van der Waals surface area contributed by atoms with Crippen molar-refractivity contribution >= 4 is 39.8 Å². The predicted octanol–water partition coefficient (Wildman–Crippen LogP) is 6.23. The summed E-state index contributed by atoms with van der Waals surface area (Å²) in [5.41, 5.74) is 4.76. The van der Waals surface area contributed by atoms with Gasteiger partial charge in [0.25, 0.3) is 0 Å². The second kappa shape index (κ2) is 8.50.